The van der Waals surface area contributed by atoms with Crippen LogP contribution in [0.4, 0.5) is 0 Å². The third kappa shape index (κ3) is 2.69. The zero-order valence-electron chi connectivity index (χ0n) is 7.54. The van der Waals surface area contributed by atoms with Crippen LogP contribution in [0.3, 0.4) is 0 Å². The second-order valence-corrected chi connectivity index (χ2v) is 3.25. The first kappa shape index (κ1) is 9.98. The summed E-state index contributed by atoms with van der Waals surface area (Å²) in [6.45, 7) is 1.61. The summed E-state index contributed by atoms with van der Waals surface area (Å²) in [6, 6.07) is -0.675. The SMILES string of the molecule is C[C@@H](CO)NC(=O)[C@@H]1CCC(=O)N1. The summed E-state index contributed by atoms with van der Waals surface area (Å²) in [4.78, 5) is 22.1. The monoisotopic (exact) mass is 186 g/mol. The highest BCUT2D eigenvalue weighted by atomic mass is 16.3. The van der Waals surface area contributed by atoms with Gasteiger partial charge in [-0.1, -0.05) is 0 Å². The molecule has 0 radical (unpaired) electrons. The van der Waals surface area contributed by atoms with Crippen molar-refractivity contribution in [2.24, 2.45) is 0 Å². The fourth-order valence-corrected chi connectivity index (χ4v) is 1.20. The Morgan fingerprint density at radius 1 is 1.85 bits per heavy atom. The van der Waals surface area contributed by atoms with Gasteiger partial charge in [0.2, 0.25) is 11.8 Å². The fourth-order valence-electron chi connectivity index (χ4n) is 1.20. The van der Waals surface area contributed by atoms with Gasteiger partial charge in [-0.3, -0.25) is 9.59 Å². The fraction of sp³-hybridized carbons (Fsp3) is 0.750. The first-order valence-electron chi connectivity index (χ1n) is 4.34. The maximum absolute atomic E-state index is 11.3. The zero-order chi connectivity index (χ0) is 9.84. The van der Waals surface area contributed by atoms with Crippen molar-refractivity contribution in [1.82, 2.24) is 10.6 Å². The van der Waals surface area contributed by atoms with Gasteiger partial charge in [-0.15, -0.1) is 0 Å². The van der Waals surface area contributed by atoms with Crippen LogP contribution < -0.4 is 10.6 Å². The van der Waals surface area contributed by atoms with Gasteiger partial charge >= 0.3 is 0 Å². The molecule has 0 unspecified atom stereocenters. The highest BCUT2D eigenvalue weighted by molar-refractivity contribution is 5.90. The minimum atomic E-state index is -0.415. The summed E-state index contributed by atoms with van der Waals surface area (Å²) < 4.78 is 0. The van der Waals surface area contributed by atoms with E-state index in [0.717, 1.165) is 0 Å². The number of aliphatic hydroxyl groups excluding tert-OH is 1. The normalized spacial score (nSPS) is 23.8. The van der Waals surface area contributed by atoms with Crippen LogP contribution in [0.25, 0.3) is 0 Å². The van der Waals surface area contributed by atoms with Gasteiger partial charge in [0.15, 0.2) is 0 Å². The molecule has 1 aliphatic rings. The number of nitrogens with one attached hydrogen (secondary N) is 2. The molecule has 0 aromatic rings. The average Bonchev–Trinajstić information content (AvgIpc) is 2.51. The van der Waals surface area contributed by atoms with Crippen LogP contribution in [0.1, 0.15) is 19.8 Å². The predicted molar refractivity (Wildman–Crippen MR) is 45.9 cm³/mol. The topological polar surface area (TPSA) is 78.4 Å². The van der Waals surface area contributed by atoms with E-state index in [1.165, 1.54) is 0 Å². The summed E-state index contributed by atoms with van der Waals surface area (Å²) in [5, 5.41) is 13.8. The Kier molecular flexibility index (Phi) is 3.25. The molecule has 0 aromatic heterocycles. The Morgan fingerprint density at radius 3 is 3.00 bits per heavy atom. The largest absolute Gasteiger partial charge is 0.394 e. The first-order valence-corrected chi connectivity index (χ1v) is 4.34. The Labute approximate surface area is 76.5 Å². The van der Waals surface area contributed by atoms with Crippen LogP contribution in [0.15, 0.2) is 0 Å². The molecule has 2 amide bonds. The van der Waals surface area contributed by atoms with Crippen molar-refractivity contribution >= 4 is 11.8 Å². The van der Waals surface area contributed by atoms with Gasteiger partial charge in [-0.2, -0.15) is 0 Å². The van der Waals surface area contributed by atoms with Gasteiger partial charge in [-0.05, 0) is 13.3 Å². The number of hydrogen-bond acceptors (Lipinski definition) is 3. The second-order valence-electron chi connectivity index (χ2n) is 3.25. The molecule has 1 fully saturated rings. The number of amides is 2. The van der Waals surface area contributed by atoms with Crippen LogP contribution in [-0.2, 0) is 9.59 Å². The minimum absolute atomic E-state index is 0.0863. The van der Waals surface area contributed by atoms with Crippen molar-refractivity contribution in [2.75, 3.05) is 6.61 Å². The van der Waals surface area contributed by atoms with Crippen molar-refractivity contribution in [1.29, 1.82) is 0 Å². The highest BCUT2D eigenvalue weighted by Crippen LogP contribution is 2.06. The van der Waals surface area contributed by atoms with Crippen molar-refractivity contribution < 1.29 is 14.7 Å². The molecule has 0 spiro atoms. The standard InChI is InChI=1S/C8H14N2O3/c1-5(4-11)9-8(13)6-2-3-7(12)10-6/h5-6,11H,2-4H2,1H3,(H,9,13)(H,10,12)/t5-,6-/m0/s1. The molecule has 5 heteroatoms. The van der Waals surface area contributed by atoms with E-state index >= 15 is 0 Å². The van der Waals surface area contributed by atoms with Crippen LogP contribution in [0.2, 0.25) is 0 Å². The average molecular weight is 186 g/mol. The highest BCUT2D eigenvalue weighted by Gasteiger charge is 2.27. The molecular weight excluding hydrogens is 172 g/mol. The van der Waals surface area contributed by atoms with Crippen molar-refractivity contribution in [2.45, 2.75) is 31.8 Å². The summed E-state index contributed by atoms with van der Waals surface area (Å²) in [5.41, 5.74) is 0. The van der Waals surface area contributed by atoms with Crippen LogP contribution in [-0.4, -0.2) is 35.6 Å². The molecule has 1 heterocycles. The first-order chi connectivity index (χ1) is 6.13. The van der Waals surface area contributed by atoms with Gasteiger partial charge in [-0.25, -0.2) is 0 Å². The van der Waals surface area contributed by atoms with Gasteiger partial charge in [0, 0.05) is 12.5 Å². The lowest BCUT2D eigenvalue weighted by atomic mass is 10.2. The van der Waals surface area contributed by atoms with E-state index in [9.17, 15) is 9.59 Å². The van der Waals surface area contributed by atoms with Crippen molar-refractivity contribution in [3.8, 4) is 0 Å². The van der Waals surface area contributed by atoms with E-state index in [2.05, 4.69) is 10.6 Å². The quantitative estimate of drug-likeness (QED) is 0.516. The number of aliphatic hydroxyl groups is 1. The lowest BCUT2D eigenvalue weighted by molar-refractivity contribution is -0.126. The molecule has 74 valence electrons. The van der Waals surface area contributed by atoms with Gasteiger partial charge in [0.25, 0.3) is 0 Å². The van der Waals surface area contributed by atoms with Gasteiger partial charge in [0.05, 0.1) is 6.61 Å². The number of carbonyl (C=O) groups is 2. The van der Waals surface area contributed by atoms with Crippen LogP contribution in [0, 0.1) is 0 Å². The molecule has 1 aliphatic heterocycles. The van der Waals surface area contributed by atoms with Crippen LogP contribution >= 0.6 is 0 Å². The zero-order valence-corrected chi connectivity index (χ0v) is 7.54. The second kappa shape index (κ2) is 4.23. The lowest BCUT2D eigenvalue weighted by Gasteiger charge is -2.14. The number of hydrogen-bond donors (Lipinski definition) is 3. The summed E-state index contributed by atoms with van der Waals surface area (Å²) >= 11 is 0. The molecule has 5 nitrogen and oxygen atoms in total. The Balaban J connectivity index is 2.35. The lowest BCUT2D eigenvalue weighted by Crippen LogP contribution is -2.46. The maximum Gasteiger partial charge on any atom is 0.242 e. The Bertz CT molecular complexity index is 217. The van der Waals surface area contributed by atoms with Crippen molar-refractivity contribution in [3.63, 3.8) is 0 Å². The van der Waals surface area contributed by atoms with E-state index in [1.807, 2.05) is 0 Å². The third-order valence-electron chi connectivity index (χ3n) is 1.97. The van der Waals surface area contributed by atoms with E-state index in [1.54, 1.807) is 6.92 Å². The predicted octanol–water partition coefficient (Wildman–Crippen LogP) is -1.24. The minimum Gasteiger partial charge on any atom is -0.394 e. The molecule has 13 heavy (non-hydrogen) atoms. The molecule has 0 aromatic carbocycles. The molecule has 0 bridgehead atoms. The summed E-state index contributed by atoms with van der Waals surface area (Å²) in [5.74, 6) is -0.302. The van der Waals surface area contributed by atoms with Gasteiger partial charge in [0.1, 0.15) is 6.04 Å². The summed E-state index contributed by atoms with van der Waals surface area (Å²) in [7, 11) is 0. The molecule has 0 saturated carbocycles. The maximum atomic E-state index is 11.3. The molecule has 2 atom stereocenters. The van der Waals surface area contributed by atoms with E-state index < -0.39 is 6.04 Å². The van der Waals surface area contributed by atoms with Gasteiger partial charge < -0.3 is 15.7 Å². The molecule has 1 saturated heterocycles. The van der Waals surface area contributed by atoms with E-state index in [-0.39, 0.29) is 24.5 Å². The smallest absolute Gasteiger partial charge is 0.242 e. The Hall–Kier alpha value is -1.10. The van der Waals surface area contributed by atoms with Crippen LogP contribution in [0.5, 0.6) is 0 Å². The van der Waals surface area contributed by atoms with E-state index in [0.29, 0.717) is 12.8 Å². The number of carbonyl (C=O) groups excluding carboxylic acids is 2. The van der Waals surface area contributed by atoms with E-state index in [4.69, 9.17) is 5.11 Å². The molecular formula is C8H14N2O3. The molecule has 1 rings (SSSR count). The van der Waals surface area contributed by atoms with Crippen molar-refractivity contribution in [3.05, 3.63) is 0 Å². The Morgan fingerprint density at radius 2 is 2.54 bits per heavy atom. The molecule has 0 aliphatic carbocycles. The summed E-state index contributed by atoms with van der Waals surface area (Å²) in [6.07, 6.45) is 0.953. The number of rotatable bonds is 3. The molecule has 3 N–H and O–H groups in total. The third-order valence-corrected chi connectivity index (χ3v) is 1.97.